The van der Waals surface area contributed by atoms with Gasteiger partial charge in [0.15, 0.2) is 0 Å². The number of Topliss-reactive ketones (excluding diaryl/α,β-unsaturated/α-hetero) is 1. The molecule has 0 aliphatic carbocycles. The zero-order valence-corrected chi connectivity index (χ0v) is 15.0. The third-order valence-corrected chi connectivity index (χ3v) is 5.65. The van der Waals surface area contributed by atoms with Crippen molar-refractivity contribution in [1.29, 1.82) is 0 Å². The number of allylic oxidation sites excluding steroid dienone is 1. The van der Waals surface area contributed by atoms with Crippen LogP contribution in [-0.2, 0) is 10.0 Å². The van der Waals surface area contributed by atoms with Crippen molar-refractivity contribution in [1.82, 2.24) is 4.72 Å². The minimum absolute atomic E-state index is 0.00348. The Morgan fingerprint density at radius 2 is 1.37 bits per heavy atom. The van der Waals surface area contributed by atoms with E-state index in [4.69, 9.17) is 0 Å². The fraction of sp³-hybridized carbons (Fsp3) is 0. The van der Waals surface area contributed by atoms with E-state index in [0.29, 0.717) is 11.3 Å². The molecule has 0 atom stereocenters. The van der Waals surface area contributed by atoms with Crippen molar-refractivity contribution in [3.8, 4) is 0 Å². The molecule has 0 saturated heterocycles. The van der Waals surface area contributed by atoms with E-state index in [1.807, 2.05) is 60.7 Å². The Kier molecular flexibility index (Phi) is 4.25. The van der Waals surface area contributed by atoms with Gasteiger partial charge in [-0.25, -0.2) is 8.42 Å². The SMILES string of the molecule is O=C1C(=C(Nc2ccccc2)c2ccccc2)NS(=O)(=O)c2ccccc21. The van der Waals surface area contributed by atoms with Crippen molar-refractivity contribution in [2.45, 2.75) is 4.90 Å². The maximum Gasteiger partial charge on any atom is 0.262 e. The number of sulfonamides is 1. The van der Waals surface area contributed by atoms with E-state index in [-0.39, 0.29) is 21.9 Å². The molecule has 134 valence electrons. The third-order valence-electron chi connectivity index (χ3n) is 4.24. The summed E-state index contributed by atoms with van der Waals surface area (Å²) in [4.78, 5) is 13.1. The number of carbonyl (C=O) groups excluding carboxylic acids is 1. The Labute approximate surface area is 157 Å². The zero-order valence-electron chi connectivity index (χ0n) is 14.2. The summed E-state index contributed by atoms with van der Waals surface area (Å²) in [6.07, 6.45) is 0. The van der Waals surface area contributed by atoms with Gasteiger partial charge in [0.25, 0.3) is 10.0 Å². The summed E-state index contributed by atoms with van der Waals surface area (Å²) in [6, 6.07) is 24.7. The average molecular weight is 376 g/mol. The Morgan fingerprint density at radius 1 is 0.778 bits per heavy atom. The van der Waals surface area contributed by atoms with Crippen LogP contribution in [0, 0.1) is 0 Å². The van der Waals surface area contributed by atoms with Gasteiger partial charge in [0.2, 0.25) is 5.78 Å². The topological polar surface area (TPSA) is 75.3 Å². The molecule has 0 amide bonds. The maximum atomic E-state index is 13.1. The van der Waals surface area contributed by atoms with Gasteiger partial charge in [0.05, 0.1) is 10.6 Å². The highest BCUT2D eigenvalue weighted by Gasteiger charge is 2.34. The number of anilines is 1. The van der Waals surface area contributed by atoms with Crippen molar-refractivity contribution >= 4 is 27.2 Å². The van der Waals surface area contributed by atoms with Crippen molar-refractivity contribution in [3.05, 3.63) is 102 Å². The molecule has 0 bridgehead atoms. The van der Waals surface area contributed by atoms with Gasteiger partial charge >= 0.3 is 0 Å². The molecule has 4 rings (SSSR count). The number of rotatable bonds is 3. The minimum atomic E-state index is -3.84. The van der Waals surface area contributed by atoms with E-state index in [1.54, 1.807) is 12.1 Å². The van der Waals surface area contributed by atoms with Gasteiger partial charge in [-0.15, -0.1) is 0 Å². The number of hydrogen-bond donors (Lipinski definition) is 2. The van der Waals surface area contributed by atoms with Gasteiger partial charge in [-0.1, -0.05) is 60.7 Å². The summed E-state index contributed by atoms with van der Waals surface area (Å²) in [5.41, 5.74) is 2.02. The number of para-hydroxylation sites is 1. The fourth-order valence-electron chi connectivity index (χ4n) is 2.97. The Balaban J connectivity index is 1.93. The molecule has 3 aromatic carbocycles. The van der Waals surface area contributed by atoms with Crippen LogP contribution in [-0.4, -0.2) is 14.2 Å². The molecule has 0 unspecified atom stereocenters. The quantitative estimate of drug-likeness (QED) is 0.685. The molecule has 1 heterocycles. The van der Waals surface area contributed by atoms with E-state index >= 15 is 0 Å². The van der Waals surface area contributed by atoms with Crippen LogP contribution in [0.5, 0.6) is 0 Å². The number of fused-ring (bicyclic) bond motifs is 1. The van der Waals surface area contributed by atoms with E-state index in [9.17, 15) is 13.2 Å². The molecule has 3 aromatic rings. The standard InChI is InChI=1S/C21H16N2O3S/c24-21-17-13-7-8-14-18(17)27(25,26)23-20(21)19(15-9-3-1-4-10-15)22-16-11-5-2-6-12-16/h1-14,22-23H. The number of carbonyl (C=O) groups is 1. The molecule has 0 radical (unpaired) electrons. The Hall–Kier alpha value is -3.38. The molecule has 2 N–H and O–H groups in total. The number of hydrogen-bond acceptors (Lipinski definition) is 4. The maximum absolute atomic E-state index is 13.1. The highest BCUT2D eigenvalue weighted by Crippen LogP contribution is 2.29. The van der Waals surface area contributed by atoms with Gasteiger partial charge in [0.1, 0.15) is 5.70 Å². The van der Waals surface area contributed by atoms with E-state index in [2.05, 4.69) is 10.0 Å². The second-order valence-electron chi connectivity index (χ2n) is 6.04. The van der Waals surface area contributed by atoms with E-state index in [1.165, 1.54) is 12.1 Å². The molecule has 0 aromatic heterocycles. The fourth-order valence-corrected chi connectivity index (χ4v) is 4.25. The lowest BCUT2D eigenvalue weighted by atomic mass is 10.0. The summed E-state index contributed by atoms with van der Waals surface area (Å²) in [6.45, 7) is 0. The second kappa shape index (κ2) is 6.74. The molecule has 0 spiro atoms. The van der Waals surface area contributed by atoms with Crippen LogP contribution in [0.4, 0.5) is 5.69 Å². The van der Waals surface area contributed by atoms with Crippen LogP contribution in [0.3, 0.4) is 0 Å². The van der Waals surface area contributed by atoms with Crippen LogP contribution in [0.2, 0.25) is 0 Å². The normalized spacial score (nSPS) is 16.8. The monoisotopic (exact) mass is 376 g/mol. The van der Waals surface area contributed by atoms with Crippen LogP contribution in [0.15, 0.2) is 95.5 Å². The van der Waals surface area contributed by atoms with Gasteiger partial charge in [0, 0.05) is 16.8 Å². The average Bonchev–Trinajstić information content (AvgIpc) is 2.71. The van der Waals surface area contributed by atoms with Crippen molar-refractivity contribution in [2.75, 3.05) is 5.32 Å². The number of benzene rings is 3. The molecule has 27 heavy (non-hydrogen) atoms. The van der Waals surface area contributed by atoms with Crippen LogP contribution >= 0.6 is 0 Å². The lowest BCUT2D eigenvalue weighted by Crippen LogP contribution is -2.36. The Bertz CT molecular complexity index is 1140. The summed E-state index contributed by atoms with van der Waals surface area (Å²) >= 11 is 0. The van der Waals surface area contributed by atoms with Crippen molar-refractivity contribution in [3.63, 3.8) is 0 Å². The van der Waals surface area contributed by atoms with E-state index < -0.39 is 10.0 Å². The van der Waals surface area contributed by atoms with E-state index in [0.717, 1.165) is 5.69 Å². The van der Waals surface area contributed by atoms with Crippen LogP contribution in [0.1, 0.15) is 15.9 Å². The van der Waals surface area contributed by atoms with Gasteiger partial charge in [-0.2, -0.15) is 0 Å². The largest absolute Gasteiger partial charge is 0.353 e. The first kappa shape index (κ1) is 17.1. The van der Waals surface area contributed by atoms with Crippen LogP contribution < -0.4 is 10.0 Å². The predicted molar refractivity (Wildman–Crippen MR) is 105 cm³/mol. The molecule has 0 fully saturated rings. The summed E-state index contributed by atoms with van der Waals surface area (Å²) in [5, 5.41) is 3.20. The zero-order chi connectivity index (χ0) is 18.9. The Morgan fingerprint density at radius 3 is 2.07 bits per heavy atom. The highest BCUT2D eigenvalue weighted by molar-refractivity contribution is 7.90. The molecular weight excluding hydrogens is 360 g/mol. The molecule has 5 nitrogen and oxygen atoms in total. The summed E-state index contributed by atoms with van der Waals surface area (Å²) in [7, 11) is -3.84. The molecule has 6 heteroatoms. The lowest BCUT2D eigenvalue weighted by molar-refractivity contribution is 0.102. The predicted octanol–water partition coefficient (Wildman–Crippen LogP) is 3.64. The van der Waals surface area contributed by atoms with Gasteiger partial charge < -0.3 is 5.32 Å². The summed E-state index contributed by atoms with van der Waals surface area (Å²) < 4.78 is 27.8. The first-order valence-corrected chi connectivity index (χ1v) is 9.83. The van der Waals surface area contributed by atoms with Crippen LogP contribution in [0.25, 0.3) is 5.70 Å². The second-order valence-corrected chi connectivity index (χ2v) is 7.69. The number of ketones is 1. The molecule has 0 saturated carbocycles. The lowest BCUT2D eigenvalue weighted by Gasteiger charge is -2.23. The summed E-state index contributed by atoms with van der Waals surface area (Å²) in [5.74, 6) is -0.372. The molecular formula is C21H16N2O3S. The first-order chi connectivity index (χ1) is 13.1. The molecule has 1 aliphatic rings. The molecule has 1 aliphatic heterocycles. The van der Waals surface area contributed by atoms with Gasteiger partial charge in [-0.05, 0) is 24.3 Å². The third kappa shape index (κ3) is 3.22. The van der Waals surface area contributed by atoms with Crippen molar-refractivity contribution in [2.24, 2.45) is 0 Å². The minimum Gasteiger partial charge on any atom is -0.353 e. The first-order valence-electron chi connectivity index (χ1n) is 8.34. The van der Waals surface area contributed by atoms with Crippen molar-refractivity contribution < 1.29 is 13.2 Å². The van der Waals surface area contributed by atoms with Gasteiger partial charge in [-0.3, -0.25) is 9.52 Å². The number of nitrogens with one attached hydrogen (secondary N) is 2. The highest BCUT2D eigenvalue weighted by atomic mass is 32.2. The smallest absolute Gasteiger partial charge is 0.262 e.